The molecule has 0 unspecified atom stereocenters. The molecule has 1 aromatic rings. The van der Waals surface area contributed by atoms with Crippen LogP contribution in [-0.2, 0) is 4.79 Å². The standard InChI is InChI=1S/C9H11N3O3/c10-7(9(14)15)5-12-8(13)6-1-3-11-4-2-6/h1-4,7H,5,10H2,(H,12,13)(H,14,15)/t7-/m1/s1. The van der Waals surface area contributed by atoms with Crippen molar-refractivity contribution in [2.45, 2.75) is 6.04 Å². The molecular formula is C9H11N3O3. The number of hydrogen-bond donors (Lipinski definition) is 3. The molecule has 1 rings (SSSR count). The van der Waals surface area contributed by atoms with Crippen molar-refractivity contribution in [3.8, 4) is 0 Å². The lowest BCUT2D eigenvalue weighted by atomic mass is 10.2. The molecule has 6 heteroatoms. The number of hydrogen-bond acceptors (Lipinski definition) is 4. The number of carbonyl (C=O) groups excluding carboxylic acids is 1. The van der Waals surface area contributed by atoms with Crippen molar-refractivity contribution >= 4 is 11.9 Å². The van der Waals surface area contributed by atoms with Gasteiger partial charge >= 0.3 is 5.97 Å². The van der Waals surface area contributed by atoms with Gasteiger partial charge in [-0.15, -0.1) is 0 Å². The average Bonchev–Trinajstić information content (AvgIpc) is 2.26. The number of carboxylic acid groups (broad SMARTS) is 1. The summed E-state index contributed by atoms with van der Waals surface area (Å²) in [6.45, 7) is -0.101. The van der Waals surface area contributed by atoms with Crippen LogP contribution in [0.2, 0.25) is 0 Å². The third kappa shape index (κ3) is 3.35. The zero-order valence-electron chi connectivity index (χ0n) is 7.88. The van der Waals surface area contributed by atoms with Crippen molar-refractivity contribution in [1.82, 2.24) is 10.3 Å². The summed E-state index contributed by atoms with van der Waals surface area (Å²) in [5, 5.41) is 10.9. The van der Waals surface area contributed by atoms with E-state index in [1.54, 1.807) is 0 Å². The summed E-state index contributed by atoms with van der Waals surface area (Å²) < 4.78 is 0. The second kappa shape index (κ2) is 5.06. The van der Waals surface area contributed by atoms with Crippen LogP contribution in [-0.4, -0.2) is 34.6 Å². The summed E-state index contributed by atoms with van der Waals surface area (Å²) in [6, 6.07) is 1.97. The van der Waals surface area contributed by atoms with Crippen LogP contribution in [0.25, 0.3) is 0 Å². The molecule has 0 fully saturated rings. The number of carboxylic acids is 1. The first-order valence-corrected chi connectivity index (χ1v) is 4.28. The van der Waals surface area contributed by atoms with Crippen molar-refractivity contribution in [3.05, 3.63) is 30.1 Å². The lowest BCUT2D eigenvalue weighted by molar-refractivity contribution is -0.138. The molecule has 15 heavy (non-hydrogen) atoms. The van der Waals surface area contributed by atoms with Gasteiger partial charge in [-0.2, -0.15) is 0 Å². The van der Waals surface area contributed by atoms with Gasteiger partial charge in [0.05, 0.1) is 0 Å². The second-order valence-corrected chi connectivity index (χ2v) is 2.89. The molecular weight excluding hydrogens is 198 g/mol. The van der Waals surface area contributed by atoms with E-state index in [4.69, 9.17) is 10.8 Å². The van der Waals surface area contributed by atoms with E-state index in [9.17, 15) is 9.59 Å². The second-order valence-electron chi connectivity index (χ2n) is 2.89. The van der Waals surface area contributed by atoms with Gasteiger partial charge in [0.2, 0.25) is 0 Å². The van der Waals surface area contributed by atoms with E-state index in [2.05, 4.69) is 10.3 Å². The minimum atomic E-state index is -1.15. The van der Waals surface area contributed by atoms with Crippen molar-refractivity contribution in [2.75, 3.05) is 6.54 Å². The Morgan fingerprint density at radius 1 is 1.47 bits per heavy atom. The van der Waals surface area contributed by atoms with Gasteiger partial charge in [-0.3, -0.25) is 14.6 Å². The van der Waals surface area contributed by atoms with E-state index in [1.165, 1.54) is 24.5 Å². The van der Waals surface area contributed by atoms with Crippen molar-refractivity contribution in [3.63, 3.8) is 0 Å². The quantitative estimate of drug-likeness (QED) is 0.603. The van der Waals surface area contributed by atoms with Gasteiger partial charge in [0.25, 0.3) is 5.91 Å². The summed E-state index contributed by atoms with van der Waals surface area (Å²) in [4.78, 5) is 25.5. The molecule has 6 nitrogen and oxygen atoms in total. The average molecular weight is 209 g/mol. The van der Waals surface area contributed by atoms with Gasteiger partial charge in [0, 0.05) is 24.5 Å². The van der Waals surface area contributed by atoms with E-state index in [1.807, 2.05) is 0 Å². The van der Waals surface area contributed by atoms with Gasteiger partial charge in [-0.25, -0.2) is 0 Å². The van der Waals surface area contributed by atoms with Crippen LogP contribution >= 0.6 is 0 Å². The van der Waals surface area contributed by atoms with Gasteiger partial charge in [0.1, 0.15) is 6.04 Å². The maximum atomic E-state index is 11.4. The molecule has 1 atom stereocenters. The van der Waals surface area contributed by atoms with Gasteiger partial charge in [-0.05, 0) is 12.1 Å². The lowest BCUT2D eigenvalue weighted by Crippen LogP contribution is -2.42. The highest BCUT2D eigenvalue weighted by Crippen LogP contribution is 1.95. The fourth-order valence-corrected chi connectivity index (χ4v) is 0.895. The highest BCUT2D eigenvalue weighted by Gasteiger charge is 2.13. The van der Waals surface area contributed by atoms with Gasteiger partial charge < -0.3 is 16.2 Å². The topological polar surface area (TPSA) is 105 Å². The Hall–Kier alpha value is -1.95. The number of aromatic nitrogens is 1. The molecule has 0 radical (unpaired) electrons. The summed E-state index contributed by atoms with van der Waals surface area (Å²) in [6.07, 6.45) is 2.96. The Labute approximate surface area is 86.1 Å². The maximum absolute atomic E-state index is 11.4. The van der Waals surface area contributed by atoms with Crippen molar-refractivity contribution < 1.29 is 14.7 Å². The van der Waals surface area contributed by atoms with Crippen LogP contribution in [0.1, 0.15) is 10.4 Å². The summed E-state index contributed by atoms with van der Waals surface area (Å²) in [5.41, 5.74) is 5.64. The van der Waals surface area contributed by atoms with E-state index >= 15 is 0 Å². The highest BCUT2D eigenvalue weighted by atomic mass is 16.4. The van der Waals surface area contributed by atoms with Crippen molar-refractivity contribution in [1.29, 1.82) is 0 Å². The number of amides is 1. The molecule has 0 spiro atoms. The zero-order valence-corrected chi connectivity index (χ0v) is 7.88. The molecule has 80 valence electrons. The smallest absolute Gasteiger partial charge is 0.322 e. The lowest BCUT2D eigenvalue weighted by Gasteiger charge is -2.07. The minimum Gasteiger partial charge on any atom is -0.480 e. The van der Waals surface area contributed by atoms with Crippen LogP contribution < -0.4 is 11.1 Å². The first-order chi connectivity index (χ1) is 7.11. The van der Waals surface area contributed by atoms with Crippen LogP contribution in [0.3, 0.4) is 0 Å². The number of pyridine rings is 1. The molecule has 1 amide bonds. The monoisotopic (exact) mass is 209 g/mol. The normalized spacial score (nSPS) is 11.8. The highest BCUT2D eigenvalue weighted by molar-refractivity contribution is 5.94. The molecule has 0 bridgehead atoms. The Bertz CT molecular complexity index is 353. The van der Waals surface area contributed by atoms with Gasteiger partial charge in [-0.1, -0.05) is 0 Å². The first-order valence-electron chi connectivity index (χ1n) is 4.28. The first kappa shape index (κ1) is 11.1. The molecule has 0 aliphatic heterocycles. The van der Waals surface area contributed by atoms with Crippen molar-refractivity contribution in [2.24, 2.45) is 5.73 Å². The van der Waals surface area contributed by atoms with Crippen LogP contribution in [0.5, 0.6) is 0 Å². The fourth-order valence-electron chi connectivity index (χ4n) is 0.895. The summed E-state index contributed by atoms with van der Waals surface area (Å²) >= 11 is 0. The number of rotatable bonds is 4. The Balaban J connectivity index is 2.47. The van der Waals surface area contributed by atoms with Crippen LogP contribution in [0.4, 0.5) is 0 Å². The molecule has 0 aromatic carbocycles. The van der Waals surface area contributed by atoms with E-state index in [0.29, 0.717) is 5.56 Å². The Kier molecular flexibility index (Phi) is 3.75. The fraction of sp³-hybridized carbons (Fsp3) is 0.222. The van der Waals surface area contributed by atoms with E-state index in [0.717, 1.165) is 0 Å². The molecule has 1 heterocycles. The summed E-state index contributed by atoms with van der Waals surface area (Å²) in [5.74, 6) is -1.51. The number of nitrogens with two attached hydrogens (primary N) is 1. The molecule has 0 saturated carbocycles. The largest absolute Gasteiger partial charge is 0.480 e. The third-order valence-electron chi connectivity index (χ3n) is 1.74. The SMILES string of the molecule is N[C@H](CNC(=O)c1ccncc1)C(=O)O. The molecule has 4 N–H and O–H groups in total. The molecule has 0 saturated heterocycles. The number of nitrogens with zero attached hydrogens (tertiary/aromatic N) is 1. The number of aliphatic carboxylic acids is 1. The Morgan fingerprint density at radius 3 is 2.60 bits per heavy atom. The minimum absolute atomic E-state index is 0.101. The van der Waals surface area contributed by atoms with Crippen LogP contribution in [0.15, 0.2) is 24.5 Å². The predicted octanol–water partition coefficient (Wildman–Crippen LogP) is -0.777. The maximum Gasteiger partial charge on any atom is 0.322 e. The number of nitrogens with one attached hydrogen (secondary N) is 1. The van der Waals surface area contributed by atoms with Gasteiger partial charge in [0.15, 0.2) is 0 Å². The molecule has 0 aliphatic rings. The zero-order chi connectivity index (χ0) is 11.3. The third-order valence-corrected chi connectivity index (χ3v) is 1.74. The summed E-state index contributed by atoms with van der Waals surface area (Å²) in [7, 11) is 0. The van der Waals surface area contributed by atoms with E-state index < -0.39 is 12.0 Å². The Morgan fingerprint density at radius 2 is 2.07 bits per heavy atom. The molecule has 1 aromatic heterocycles. The van der Waals surface area contributed by atoms with Crippen LogP contribution in [0, 0.1) is 0 Å². The predicted molar refractivity (Wildman–Crippen MR) is 52.2 cm³/mol. The molecule has 0 aliphatic carbocycles. The van der Waals surface area contributed by atoms with E-state index in [-0.39, 0.29) is 12.5 Å². The number of carbonyl (C=O) groups is 2.